The second-order valence-electron chi connectivity index (χ2n) is 6.47. The van der Waals surface area contributed by atoms with Gasteiger partial charge in [0.2, 0.25) is 0 Å². The minimum Gasteiger partial charge on any atom is -0.371 e. The van der Waals surface area contributed by atoms with Gasteiger partial charge in [-0.2, -0.15) is 0 Å². The van der Waals surface area contributed by atoms with Crippen molar-refractivity contribution in [2.45, 2.75) is 40.2 Å². The summed E-state index contributed by atoms with van der Waals surface area (Å²) in [6.07, 6.45) is 2.57. The first-order valence-corrected chi connectivity index (χ1v) is 8.18. The number of piperidine rings is 1. The van der Waals surface area contributed by atoms with Crippen LogP contribution in [0.1, 0.15) is 39.2 Å². The van der Waals surface area contributed by atoms with Gasteiger partial charge in [-0.05, 0) is 48.9 Å². The van der Waals surface area contributed by atoms with Crippen LogP contribution in [0.25, 0.3) is 0 Å². The van der Waals surface area contributed by atoms with Crippen molar-refractivity contribution < 1.29 is 0 Å². The van der Waals surface area contributed by atoms with Crippen LogP contribution in [0, 0.1) is 11.8 Å². The van der Waals surface area contributed by atoms with E-state index in [1.807, 2.05) is 0 Å². The maximum absolute atomic E-state index is 6.43. The lowest BCUT2D eigenvalue weighted by Gasteiger charge is -2.32. The van der Waals surface area contributed by atoms with Crippen molar-refractivity contribution in [1.82, 2.24) is 5.32 Å². The molecule has 0 spiro atoms. The topological polar surface area (TPSA) is 15.3 Å². The van der Waals surface area contributed by atoms with E-state index in [4.69, 9.17) is 11.6 Å². The summed E-state index contributed by atoms with van der Waals surface area (Å²) in [6.45, 7) is 11.0. The molecule has 0 atom stereocenters. The smallest absolute Gasteiger partial charge is 0.0471 e. The maximum Gasteiger partial charge on any atom is 0.0471 e. The molecule has 1 heterocycles. The molecule has 2 nitrogen and oxygen atoms in total. The Labute approximate surface area is 128 Å². The quantitative estimate of drug-likeness (QED) is 0.870. The van der Waals surface area contributed by atoms with Gasteiger partial charge in [-0.3, -0.25) is 0 Å². The minimum atomic E-state index is 0.670. The Morgan fingerprint density at radius 3 is 2.60 bits per heavy atom. The van der Waals surface area contributed by atoms with Crippen LogP contribution in [-0.2, 0) is 6.54 Å². The molecule has 1 aliphatic heterocycles. The molecule has 2 rings (SSSR count). The molecule has 1 N–H and O–H groups in total. The number of nitrogens with zero attached hydrogens (tertiary/aromatic N) is 1. The molecule has 1 fully saturated rings. The zero-order chi connectivity index (χ0) is 14.5. The third-order valence-electron chi connectivity index (χ3n) is 4.05. The molecule has 112 valence electrons. The predicted octanol–water partition coefficient (Wildman–Crippen LogP) is 4.32. The summed E-state index contributed by atoms with van der Waals surface area (Å²) in [5.41, 5.74) is 2.47. The highest BCUT2D eigenvalue weighted by atomic mass is 35.5. The highest BCUT2D eigenvalue weighted by molar-refractivity contribution is 6.31. The van der Waals surface area contributed by atoms with E-state index in [1.165, 1.54) is 24.1 Å². The molecule has 0 saturated carbocycles. The molecule has 0 amide bonds. The molecule has 1 aliphatic rings. The fourth-order valence-electron chi connectivity index (χ4n) is 2.64. The molecule has 0 aromatic heterocycles. The number of benzene rings is 1. The summed E-state index contributed by atoms with van der Waals surface area (Å²) in [5, 5.41) is 4.34. The van der Waals surface area contributed by atoms with Crippen molar-refractivity contribution >= 4 is 17.3 Å². The summed E-state index contributed by atoms with van der Waals surface area (Å²) in [7, 11) is 0. The highest BCUT2D eigenvalue weighted by Gasteiger charge is 2.16. The normalized spacial score (nSPS) is 16.9. The standard InChI is InChI=1S/C17H27ClN2/c1-13(2)11-19-12-15-4-5-16(10-17(15)18)20-8-6-14(3)7-9-20/h4-5,10,13-14,19H,6-9,11-12H2,1-3H3. The van der Waals surface area contributed by atoms with Gasteiger partial charge in [-0.25, -0.2) is 0 Å². The van der Waals surface area contributed by atoms with E-state index in [0.717, 1.165) is 37.1 Å². The van der Waals surface area contributed by atoms with E-state index in [0.29, 0.717) is 5.92 Å². The number of hydrogen-bond donors (Lipinski definition) is 1. The van der Waals surface area contributed by atoms with Crippen molar-refractivity contribution in [2.75, 3.05) is 24.5 Å². The second kappa shape index (κ2) is 7.33. The van der Waals surface area contributed by atoms with E-state index < -0.39 is 0 Å². The molecule has 0 aliphatic carbocycles. The van der Waals surface area contributed by atoms with E-state index in [1.54, 1.807) is 0 Å². The lowest BCUT2D eigenvalue weighted by molar-refractivity contribution is 0.438. The second-order valence-corrected chi connectivity index (χ2v) is 6.88. The first-order chi connectivity index (χ1) is 9.56. The third kappa shape index (κ3) is 4.39. The number of halogens is 1. The van der Waals surface area contributed by atoms with E-state index >= 15 is 0 Å². The van der Waals surface area contributed by atoms with Crippen LogP contribution >= 0.6 is 11.6 Å². The van der Waals surface area contributed by atoms with Gasteiger partial charge in [0.25, 0.3) is 0 Å². The van der Waals surface area contributed by atoms with E-state index in [2.05, 4.69) is 49.2 Å². The Morgan fingerprint density at radius 1 is 1.30 bits per heavy atom. The van der Waals surface area contributed by atoms with Crippen LogP contribution in [0.4, 0.5) is 5.69 Å². The number of anilines is 1. The predicted molar refractivity (Wildman–Crippen MR) is 88.6 cm³/mol. The Balaban J connectivity index is 1.95. The molecule has 0 bridgehead atoms. The highest BCUT2D eigenvalue weighted by Crippen LogP contribution is 2.27. The van der Waals surface area contributed by atoms with Crippen molar-refractivity contribution in [1.29, 1.82) is 0 Å². The van der Waals surface area contributed by atoms with Gasteiger partial charge in [0.15, 0.2) is 0 Å². The van der Waals surface area contributed by atoms with Gasteiger partial charge >= 0.3 is 0 Å². The monoisotopic (exact) mass is 294 g/mol. The SMILES string of the molecule is CC(C)CNCc1ccc(N2CCC(C)CC2)cc1Cl. The molecule has 3 heteroatoms. The number of hydrogen-bond acceptors (Lipinski definition) is 2. The lowest BCUT2D eigenvalue weighted by Crippen LogP contribution is -2.32. The van der Waals surface area contributed by atoms with Crippen molar-refractivity contribution in [3.8, 4) is 0 Å². The zero-order valence-electron chi connectivity index (χ0n) is 13.0. The summed E-state index contributed by atoms with van der Waals surface area (Å²) < 4.78 is 0. The van der Waals surface area contributed by atoms with Crippen molar-refractivity contribution in [3.63, 3.8) is 0 Å². The Kier molecular flexibility index (Phi) is 5.74. The largest absolute Gasteiger partial charge is 0.371 e. The fourth-order valence-corrected chi connectivity index (χ4v) is 2.88. The summed E-state index contributed by atoms with van der Waals surface area (Å²) in [6, 6.07) is 6.52. The molecule has 0 unspecified atom stereocenters. The lowest BCUT2D eigenvalue weighted by atomic mass is 9.98. The van der Waals surface area contributed by atoms with Crippen LogP contribution in [0.15, 0.2) is 18.2 Å². The van der Waals surface area contributed by atoms with Crippen LogP contribution in [0.3, 0.4) is 0 Å². The molecule has 1 saturated heterocycles. The van der Waals surface area contributed by atoms with Gasteiger partial charge < -0.3 is 10.2 Å². The summed E-state index contributed by atoms with van der Waals surface area (Å²) in [5.74, 6) is 1.53. The van der Waals surface area contributed by atoms with Crippen LogP contribution in [-0.4, -0.2) is 19.6 Å². The molecule has 20 heavy (non-hydrogen) atoms. The van der Waals surface area contributed by atoms with Gasteiger partial charge in [-0.1, -0.05) is 38.4 Å². The maximum atomic E-state index is 6.43. The molecule has 1 aromatic rings. The first kappa shape index (κ1) is 15.7. The van der Waals surface area contributed by atoms with Gasteiger partial charge in [0, 0.05) is 30.3 Å². The summed E-state index contributed by atoms with van der Waals surface area (Å²) in [4.78, 5) is 2.46. The van der Waals surface area contributed by atoms with Crippen LogP contribution in [0.5, 0.6) is 0 Å². The molecule has 1 aromatic carbocycles. The van der Waals surface area contributed by atoms with Gasteiger partial charge in [-0.15, -0.1) is 0 Å². The molecule has 0 radical (unpaired) electrons. The Bertz CT molecular complexity index is 423. The Hall–Kier alpha value is -0.730. The summed E-state index contributed by atoms with van der Waals surface area (Å²) >= 11 is 6.43. The average molecular weight is 295 g/mol. The van der Waals surface area contributed by atoms with Crippen molar-refractivity contribution in [2.24, 2.45) is 11.8 Å². The van der Waals surface area contributed by atoms with E-state index in [-0.39, 0.29) is 0 Å². The number of nitrogens with one attached hydrogen (secondary N) is 1. The van der Waals surface area contributed by atoms with Gasteiger partial charge in [0.05, 0.1) is 0 Å². The van der Waals surface area contributed by atoms with E-state index in [9.17, 15) is 0 Å². The third-order valence-corrected chi connectivity index (χ3v) is 4.41. The number of rotatable bonds is 5. The van der Waals surface area contributed by atoms with Gasteiger partial charge in [0.1, 0.15) is 0 Å². The minimum absolute atomic E-state index is 0.670. The Morgan fingerprint density at radius 2 is 2.00 bits per heavy atom. The van der Waals surface area contributed by atoms with Crippen LogP contribution in [0.2, 0.25) is 5.02 Å². The average Bonchev–Trinajstić information content (AvgIpc) is 2.41. The zero-order valence-corrected chi connectivity index (χ0v) is 13.7. The van der Waals surface area contributed by atoms with Crippen LogP contribution < -0.4 is 10.2 Å². The molecular weight excluding hydrogens is 268 g/mol. The first-order valence-electron chi connectivity index (χ1n) is 7.80. The van der Waals surface area contributed by atoms with Crippen molar-refractivity contribution in [3.05, 3.63) is 28.8 Å². The molecular formula is C17H27ClN2. The fraction of sp³-hybridized carbons (Fsp3) is 0.647.